The first-order valence-corrected chi connectivity index (χ1v) is 8.52. The van der Waals surface area contributed by atoms with Crippen LogP contribution in [-0.2, 0) is 5.41 Å². The Bertz CT molecular complexity index is 424. The average molecular weight is 399 g/mol. The molecule has 0 saturated heterocycles. The molecule has 0 saturated carbocycles. The van der Waals surface area contributed by atoms with Gasteiger partial charge < -0.3 is 5.32 Å². The van der Waals surface area contributed by atoms with Crippen LogP contribution in [0.15, 0.2) is 0 Å². The van der Waals surface area contributed by atoms with Gasteiger partial charge in [0.2, 0.25) is 0 Å². The number of carbonyl (C=O) groups excluding carboxylic acids is 1. The van der Waals surface area contributed by atoms with Gasteiger partial charge in [0, 0.05) is 16.1 Å². The zero-order valence-electron chi connectivity index (χ0n) is 10.9. The Hall–Kier alpha value is -0.0100. The minimum absolute atomic E-state index is 0.115. The molecule has 1 aromatic rings. The molecule has 0 aliphatic rings. The third kappa shape index (κ3) is 3.74. The molecule has 4 nitrogen and oxygen atoms in total. The highest BCUT2D eigenvalue weighted by Gasteiger charge is 2.30. The summed E-state index contributed by atoms with van der Waals surface area (Å²) in [6, 6.07) is 0. The summed E-state index contributed by atoms with van der Waals surface area (Å²) in [6.45, 7) is 8.04. The van der Waals surface area contributed by atoms with E-state index in [1.54, 1.807) is 0 Å². The van der Waals surface area contributed by atoms with E-state index in [0.29, 0.717) is 15.5 Å². The van der Waals surface area contributed by atoms with Crippen molar-refractivity contribution < 1.29 is 4.79 Å². The summed E-state index contributed by atoms with van der Waals surface area (Å²) in [4.78, 5) is 12.9. The smallest absolute Gasteiger partial charge is 0.265 e. The quantitative estimate of drug-likeness (QED) is 0.792. The summed E-state index contributed by atoms with van der Waals surface area (Å²) >= 11 is 7.96. The first-order valence-electron chi connectivity index (χ1n) is 5.51. The molecule has 1 amide bonds. The van der Waals surface area contributed by atoms with Crippen LogP contribution in [-0.4, -0.2) is 31.7 Å². The Kier molecular flexibility index (Phi) is 5.32. The molecular weight excluding hydrogens is 382 g/mol. The van der Waals surface area contributed by atoms with E-state index in [4.69, 9.17) is 0 Å². The molecule has 0 fully saturated rings. The monoisotopic (exact) mass is 397 g/mol. The maximum Gasteiger partial charge on any atom is 0.265 e. The van der Waals surface area contributed by atoms with Crippen molar-refractivity contribution in [3.63, 3.8) is 0 Å². The number of rotatable bonds is 4. The Labute approximate surface area is 128 Å². The lowest BCUT2D eigenvalue weighted by Gasteiger charge is -2.26. The maximum absolute atomic E-state index is 12.3. The number of aromatic nitrogens is 2. The van der Waals surface area contributed by atoms with E-state index in [1.165, 1.54) is 0 Å². The van der Waals surface area contributed by atoms with E-state index in [2.05, 4.69) is 46.8 Å². The van der Waals surface area contributed by atoms with Crippen molar-refractivity contribution in [2.24, 2.45) is 0 Å². The number of alkyl halides is 2. The zero-order valence-corrected chi connectivity index (χ0v) is 14.9. The molecule has 102 valence electrons. The van der Waals surface area contributed by atoms with Crippen molar-refractivity contribution in [1.29, 1.82) is 0 Å². The third-order valence-corrected chi connectivity index (χ3v) is 5.61. The second-order valence-corrected chi connectivity index (χ2v) is 7.36. The predicted octanol–water partition coefficient (Wildman–Crippen LogP) is 3.11. The second-order valence-electron chi connectivity index (χ2n) is 5.48. The lowest BCUT2D eigenvalue weighted by molar-refractivity contribution is 0.0924. The van der Waals surface area contributed by atoms with E-state index >= 15 is 0 Å². The van der Waals surface area contributed by atoms with Crippen molar-refractivity contribution in [3.05, 3.63) is 10.6 Å². The van der Waals surface area contributed by atoms with Crippen LogP contribution in [0.1, 0.15) is 43.1 Å². The molecule has 0 unspecified atom stereocenters. The molecule has 0 atom stereocenters. The van der Waals surface area contributed by atoms with Gasteiger partial charge in [0.1, 0.15) is 4.88 Å². The van der Waals surface area contributed by atoms with E-state index in [9.17, 15) is 4.79 Å². The summed E-state index contributed by atoms with van der Waals surface area (Å²) in [5.74, 6) is -0.115. The normalized spacial score (nSPS) is 12.6. The van der Waals surface area contributed by atoms with Crippen molar-refractivity contribution in [3.8, 4) is 0 Å². The molecule has 1 rings (SSSR count). The molecule has 18 heavy (non-hydrogen) atoms. The fourth-order valence-electron chi connectivity index (χ4n) is 1.26. The first kappa shape index (κ1) is 16.0. The average Bonchev–Trinajstić information content (AvgIpc) is 2.77. The largest absolute Gasteiger partial charge is 0.344 e. The van der Waals surface area contributed by atoms with Gasteiger partial charge in [0.05, 0.1) is 11.2 Å². The highest BCUT2D eigenvalue weighted by molar-refractivity contribution is 9.09. The Morgan fingerprint density at radius 2 is 1.83 bits per heavy atom. The molecular formula is C11H17Br2N3OS. The molecule has 1 aromatic heterocycles. The highest BCUT2D eigenvalue weighted by Crippen LogP contribution is 2.26. The summed E-state index contributed by atoms with van der Waals surface area (Å²) in [5.41, 5.74) is 0.242. The van der Waals surface area contributed by atoms with Crippen LogP contribution < -0.4 is 5.32 Å². The summed E-state index contributed by atoms with van der Waals surface area (Å²) < 4.78 is 3.90. The van der Waals surface area contributed by atoms with Crippen molar-refractivity contribution >= 4 is 49.3 Å². The van der Waals surface area contributed by atoms with Crippen molar-refractivity contribution in [1.82, 2.24) is 14.9 Å². The number of nitrogens with zero attached hydrogens (tertiary/aromatic N) is 2. The van der Waals surface area contributed by atoms with Gasteiger partial charge in [0.25, 0.3) is 5.91 Å². The Morgan fingerprint density at radius 1 is 1.28 bits per heavy atom. The van der Waals surface area contributed by atoms with Gasteiger partial charge in [-0.1, -0.05) is 57.1 Å². The van der Waals surface area contributed by atoms with Crippen LogP contribution >= 0.6 is 43.4 Å². The first-order chi connectivity index (χ1) is 8.23. The highest BCUT2D eigenvalue weighted by atomic mass is 79.9. The molecule has 0 spiro atoms. The molecule has 0 aliphatic carbocycles. The van der Waals surface area contributed by atoms with Crippen LogP contribution in [0.25, 0.3) is 0 Å². The fraction of sp³-hybridized carbons (Fsp3) is 0.727. The van der Waals surface area contributed by atoms with Crippen molar-refractivity contribution in [2.75, 3.05) is 10.7 Å². The van der Waals surface area contributed by atoms with E-state index < -0.39 is 0 Å². The SMILES string of the molecule is CC(CBr)(CBr)NC(=O)c1snnc1C(C)(C)C. The summed E-state index contributed by atoms with van der Waals surface area (Å²) in [5, 5.41) is 8.43. The van der Waals surface area contributed by atoms with Gasteiger partial charge in [0.15, 0.2) is 0 Å². The number of nitrogens with one attached hydrogen (secondary N) is 1. The summed E-state index contributed by atoms with van der Waals surface area (Å²) in [7, 11) is 0. The molecule has 1 heterocycles. The second kappa shape index (κ2) is 5.96. The van der Waals surface area contributed by atoms with Gasteiger partial charge in [-0.2, -0.15) is 0 Å². The van der Waals surface area contributed by atoms with Crippen LogP contribution in [0, 0.1) is 0 Å². The van der Waals surface area contributed by atoms with Gasteiger partial charge >= 0.3 is 0 Å². The fourth-order valence-corrected chi connectivity index (χ4v) is 3.24. The third-order valence-electron chi connectivity index (χ3n) is 2.41. The van der Waals surface area contributed by atoms with Crippen molar-refractivity contribution in [2.45, 2.75) is 38.6 Å². The number of carbonyl (C=O) groups is 1. The van der Waals surface area contributed by atoms with Gasteiger partial charge in [-0.15, -0.1) is 5.10 Å². The van der Waals surface area contributed by atoms with Gasteiger partial charge in [-0.3, -0.25) is 4.79 Å². The number of hydrogen-bond donors (Lipinski definition) is 1. The van der Waals surface area contributed by atoms with Gasteiger partial charge in [-0.25, -0.2) is 0 Å². The summed E-state index contributed by atoms with van der Waals surface area (Å²) in [6.07, 6.45) is 0. The lowest BCUT2D eigenvalue weighted by atomic mass is 9.91. The minimum Gasteiger partial charge on any atom is -0.344 e. The maximum atomic E-state index is 12.3. The molecule has 0 aromatic carbocycles. The molecule has 0 radical (unpaired) electrons. The van der Waals surface area contributed by atoms with Crippen LogP contribution in [0.2, 0.25) is 0 Å². The van der Waals surface area contributed by atoms with E-state index in [1.807, 2.05) is 27.7 Å². The number of halogens is 2. The number of amides is 1. The molecule has 0 aliphatic heterocycles. The van der Waals surface area contributed by atoms with E-state index in [-0.39, 0.29) is 16.9 Å². The Balaban J connectivity index is 2.96. The van der Waals surface area contributed by atoms with Crippen LogP contribution in [0.3, 0.4) is 0 Å². The number of hydrogen-bond acceptors (Lipinski definition) is 4. The van der Waals surface area contributed by atoms with Gasteiger partial charge in [-0.05, 0) is 18.5 Å². The standard InChI is InChI=1S/C11H17Br2N3OS/c1-10(2,3)8-7(18-16-15-8)9(17)14-11(4,5-12)6-13/h5-6H2,1-4H3,(H,14,17). The minimum atomic E-state index is -0.323. The zero-order chi connectivity index (χ0) is 14.0. The van der Waals surface area contributed by atoms with Crippen LogP contribution in [0.4, 0.5) is 0 Å². The lowest BCUT2D eigenvalue weighted by Crippen LogP contribution is -2.49. The Morgan fingerprint density at radius 3 is 2.28 bits per heavy atom. The molecule has 0 bridgehead atoms. The van der Waals surface area contributed by atoms with Crippen LogP contribution in [0.5, 0.6) is 0 Å². The van der Waals surface area contributed by atoms with E-state index in [0.717, 1.165) is 17.2 Å². The topological polar surface area (TPSA) is 54.9 Å². The predicted molar refractivity (Wildman–Crippen MR) is 82.1 cm³/mol. The molecule has 7 heteroatoms. The molecule has 1 N–H and O–H groups in total.